The molecular formula is C27H30N2O. The Hall–Kier alpha value is -2.91. The van der Waals surface area contributed by atoms with E-state index in [2.05, 4.69) is 84.4 Å². The van der Waals surface area contributed by atoms with Gasteiger partial charge in [-0.25, -0.2) is 0 Å². The number of nitrogens with one attached hydrogen (secondary N) is 1. The van der Waals surface area contributed by atoms with Crippen molar-refractivity contribution >= 4 is 17.6 Å². The first-order chi connectivity index (χ1) is 14.6. The smallest absolute Gasteiger partial charge is 0.142 e. The van der Waals surface area contributed by atoms with E-state index >= 15 is 0 Å². The second-order valence-corrected chi connectivity index (χ2v) is 8.28. The van der Waals surface area contributed by atoms with E-state index in [0.717, 1.165) is 31.4 Å². The van der Waals surface area contributed by atoms with Crippen molar-refractivity contribution in [2.75, 3.05) is 13.6 Å². The van der Waals surface area contributed by atoms with E-state index in [1.165, 1.54) is 27.8 Å². The van der Waals surface area contributed by atoms with Crippen molar-refractivity contribution in [3.05, 3.63) is 95.6 Å². The molecule has 3 nitrogen and oxygen atoms in total. The van der Waals surface area contributed by atoms with Crippen molar-refractivity contribution in [1.82, 2.24) is 10.2 Å². The molecule has 1 heterocycles. The van der Waals surface area contributed by atoms with Gasteiger partial charge in [-0.2, -0.15) is 0 Å². The molecular weight excluding hydrogens is 368 g/mol. The number of aryl methyl sites for hydroxylation is 1. The molecule has 1 aliphatic heterocycles. The number of benzene rings is 2. The average Bonchev–Trinajstić information content (AvgIpc) is 3.12. The molecule has 1 aliphatic carbocycles. The SMILES string of the molecule is C=C1c2ccc(CC)cc2CN1CC(C=O)(NC)C1C=CC(c2ccccc2)=CC1. The van der Waals surface area contributed by atoms with Gasteiger partial charge in [0.05, 0.1) is 5.54 Å². The van der Waals surface area contributed by atoms with E-state index in [-0.39, 0.29) is 5.92 Å². The predicted molar refractivity (Wildman–Crippen MR) is 125 cm³/mol. The van der Waals surface area contributed by atoms with Crippen LogP contribution in [0.4, 0.5) is 0 Å². The molecule has 2 unspecified atom stereocenters. The Bertz CT molecular complexity index is 1000. The number of carbonyl (C=O) groups is 1. The third kappa shape index (κ3) is 3.66. The Morgan fingerprint density at radius 1 is 1.23 bits per heavy atom. The molecule has 2 aromatic rings. The van der Waals surface area contributed by atoms with Crippen LogP contribution in [-0.4, -0.2) is 30.3 Å². The minimum absolute atomic E-state index is 0.0928. The molecule has 2 aromatic carbocycles. The quantitative estimate of drug-likeness (QED) is 0.677. The van der Waals surface area contributed by atoms with E-state index < -0.39 is 5.54 Å². The van der Waals surface area contributed by atoms with Gasteiger partial charge in [-0.3, -0.25) is 0 Å². The summed E-state index contributed by atoms with van der Waals surface area (Å²) in [5.74, 6) is 0.0928. The number of aldehydes is 1. The molecule has 0 amide bonds. The van der Waals surface area contributed by atoms with Crippen LogP contribution >= 0.6 is 0 Å². The van der Waals surface area contributed by atoms with Gasteiger partial charge in [-0.15, -0.1) is 0 Å². The van der Waals surface area contributed by atoms with Crippen LogP contribution in [0.5, 0.6) is 0 Å². The molecule has 3 heteroatoms. The summed E-state index contributed by atoms with van der Waals surface area (Å²) >= 11 is 0. The number of hydrogen-bond acceptors (Lipinski definition) is 3. The lowest BCUT2D eigenvalue weighted by Gasteiger charge is -2.39. The fourth-order valence-corrected chi connectivity index (χ4v) is 4.63. The monoisotopic (exact) mass is 398 g/mol. The van der Waals surface area contributed by atoms with Crippen molar-refractivity contribution in [2.24, 2.45) is 5.92 Å². The predicted octanol–water partition coefficient (Wildman–Crippen LogP) is 4.85. The van der Waals surface area contributed by atoms with Crippen LogP contribution in [0, 0.1) is 5.92 Å². The molecule has 0 aromatic heterocycles. The summed E-state index contributed by atoms with van der Waals surface area (Å²) in [6, 6.07) is 17.0. The summed E-state index contributed by atoms with van der Waals surface area (Å²) < 4.78 is 0. The Balaban J connectivity index is 1.53. The maximum absolute atomic E-state index is 12.4. The Labute approximate surface area is 179 Å². The van der Waals surface area contributed by atoms with Crippen molar-refractivity contribution in [2.45, 2.75) is 31.8 Å². The van der Waals surface area contributed by atoms with Crippen molar-refractivity contribution in [3.63, 3.8) is 0 Å². The molecule has 4 rings (SSSR count). The first-order valence-corrected chi connectivity index (χ1v) is 10.7. The number of rotatable bonds is 7. The highest BCUT2D eigenvalue weighted by molar-refractivity contribution is 5.76. The van der Waals surface area contributed by atoms with Crippen LogP contribution in [0.1, 0.15) is 35.6 Å². The standard InChI is InChI=1S/C27H30N2O/c1-4-21-10-15-26-20(2)29(17-24(26)16-21)18-27(19-30,28-3)25-13-11-23(12-14-25)22-8-6-5-7-9-22/h5-13,15-16,19,25,28H,2,4,14,17-18H2,1,3H3. The molecule has 0 spiro atoms. The van der Waals surface area contributed by atoms with Crippen LogP contribution in [0.2, 0.25) is 0 Å². The van der Waals surface area contributed by atoms with Gasteiger partial charge in [-0.1, -0.05) is 80.3 Å². The van der Waals surface area contributed by atoms with E-state index in [0.29, 0.717) is 6.54 Å². The first-order valence-electron chi connectivity index (χ1n) is 10.7. The molecule has 0 fully saturated rings. The number of nitrogens with zero attached hydrogens (tertiary/aromatic N) is 1. The topological polar surface area (TPSA) is 32.3 Å². The molecule has 0 saturated heterocycles. The highest BCUT2D eigenvalue weighted by Gasteiger charge is 2.40. The summed E-state index contributed by atoms with van der Waals surface area (Å²) in [6.45, 7) is 7.92. The summed E-state index contributed by atoms with van der Waals surface area (Å²) in [7, 11) is 1.89. The van der Waals surface area contributed by atoms with Crippen LogP contribution in [-0.2, 0) is 17.8 Å². The third-order valence-corrected chi connectivity index (χ3v) is 6.63. The van der Waals surface area contributed by atoms with Crippen LogP contribution in [0.3, 0.4) is 0 Å². The molecule has 2 atom stereocenters. The van der Waals surface area contributed by atoms with Gasteiger partial charge in [-0.05, 0) is 42.2 Å². The van der Waals surface area contributed by atoms with Crippen molar-refractivity contribution in [1.29, 1.82) is 0 Å². The second kappa shape index (κ2) is 8.45. The fraction of sp³-hybridized carbons (Fsp3) is 0.296. The zero-order chi connectivity index (χ0) is 21.1. The maximum atomic E-state index is 12.4. The lowest BCUT2D eigenvalue weighted by molar-refractivity contribution is -0.115. The molecule has 0 saturated carbocycles. The van der Waals surface area contributed by atoms with E-state index in [1.807, 2.05) is 13.1 Å². The van der Waals surface area contributed by atoms with E-state index in [1.54, 1.807) is 0 Å². The number of carbonyl (C=O) groups excluding carboxylic acids is 1. The molecule has 2 aliphatic rings. The average molecular weight is 399 g/mol. The van der Waals surface area contributed by atoms with E-state index in [4.69, 9.17) is 0 Å². The van der Waals surface area contributed by atoms with E-state index in [9.17, 15) is 4.79 Å². The van der Waals surface area contributed by atoms with Crippen LogP contribution < -0.4 is 5.32 Å². The molecule has 1 N–H and O–H groups in total. The maximum Gasteiger partial charge on any atom is 0.142 e. The Kier molecular flexibility index (Phi) is 5.74. The lowest BCUT2D eigenvalue weighted by Crippen LogP contribution is -2.57. The van der Waals surface area contributed by atoms with Crippen LogP contribution in [0.25, 0.3) is 11.3 Å². The Morgan fingerprint density at radius 2 is 2.03 bits per heavy atom. The second-order valence-electron chi connectivity index (χ2n) is 8.28. The summed E-state index contributed by atoms with van der Waals surface area (Å²) in [5.41, 5.74) is 6.63. The normalized spacial score (nSPS) is 19.9. The highest BCUT2D eigenvalue weighted by atomic mass is 16.1. The van der Waals surface area contributed by atoms with Gasteiger partial charge in [0, 0.05) is 30.3 Å². The minimum atomic E-state index is -0.659. The first kappa shape index (κ1) is 20.4. The highest BCUT2D eigenvalue weighted by Crippen LogP contribution is 2.36. The molecule has 0 bridgehead atoms. The minimum Gasteiger partial charge on any atom is -0.365 e. The summed E-state index contributed by atoms with van der Waals surface area (Å²) in [5, 5.41) is 3.35. The number of likely N-dealkylation sites (N-methyl/N-ethyl adjacent to an activating group) is 1. The zero-order valence-corrected chi connectivity index (χ0v) is 17.9. The summed E-state index contributed by atoms with van der Waals surface area (Å²) in [4.78, 5) is 14.7. The van der Waals surface area contributed by atoms with Gasteiger partial charge >= 0.3 is 0 Å². The molecule has 154 valence electrons. The lowest BCUT2D eigenvalue weighted by atomic mass is 9.78. The number of hydrogen-bond donors (Lipinski definition) is 1. The fourth-order valence-electron chi connectivity index (χ4n) is 4.63. The molecule has 0 radical (unpaired) electrons. The molecule has 30 heavy (non-hydrogen) atoms. The third-order valence-electron chi connectivity index (χ3n) is 6.63. The van der Waals surface area contributed by atoms with Gasteiger partial charge in [0.2, 0.25) is 0 Å². The van der Waals surface area contributed by atoms with Crippen molar-refractivity contribution < 1.29 is 4.79 Å². The van der Waals surface area contributed by atoms with Gasteiger partial charge < -0.3 is 15.0 Å². The van der Waals surface area contributed by atoms with Gasteiger partial charge in [0.25, 0.3) is 0 Å². The Morgan fingerprint density at radius 3 is 2.67 bits per heavy atom. The number of allylic oxidation sites excluding steroid dienone is 3. The zero-order valence-electron chi connectivity index (χ0n) is 17.9. The largest absolute Gasteiger partial charge is 0.365 e. The number of fused-ring (bicyclic) bond motifs is 1. The van der Waals surface area contributed by atoms with Gasteiger partial charge in [0.1, 0.15) is 6.29 Å². The van der Waals surface area contributed by atoms with Gasteiger partial charge in [0.15, 0.2) is 0 Å². The summed E-state index contributed by atoms with van der Waals surface area (Å²) in [6.07, 6.45) is 9.54. The van der Waals surface area contributed by atoms with Crippen LogP contribution in [0.15, 0.2) is 73.3 Å². The van der Waals surface area contributed by atoms with Crippen molar-refractivity contribution in [3.8, 4) is 0 Å².